The summed E-state index contributed by atoms with van der Waals surface area (Å²) in [5.74, 6) is 0.212. The van der Waals surface area contributed by atoms with E-state index in [4.69, 9.17) is 4.74 Å². The van der Waals surface area contributed by atoms with Crippen molar-refractivity contribution in [2.45, 2.75) is 6.61 Å². The molecule has 94 valence electrons. The second-order valence-corrected chi connectivity index (χ2v) is 3.79. The molecule has 0 radical (unpaired) electrons. The third kappa shape index (κ3) is 3.26. The van der Waals surface area contributed by atoms with Crippen LogP contribution in [0.5, 0.6) is 5.75 Å². The summed E-state index contributed by atoms with van der Waals surface area (Å²) in [5, 5.41) is 0. The Labute approximate surface area is 102 Å². The lowest BCUT2D eigenvalue weighted by Gasteiger charge is -2.16. The monoisotopic (exact) mass is 252 g/mol. The fourth-order valence-corrected chi connectivity index (χ4v) is 1.45. The Morgan fingerprint density at radius 2 is 1.78 bits per heavy atom. The zero-order chi connectivity index (χ0) is 13.0. The highest BCUT2D eigenvalue weighted by Gasteiger charge is 2.25. The number of benzene rings is 1. The number of hydrogen-bond acceptors (Lipinski definition) is 2. The average molecular weight is 252 g/mol. The lowest BCUT2D eigenvalue weighted by Crippen LogP contribution is -2.33. The molecule has 2 rings (SSSR count). The molecule has 0 spiro atoms. The first-order valence-electron chi connectivity index (χ1n) is 5.37. The lowest BCUT2D eigenvalue weighted by atomic mass is 9.80. The Bertz CT molecular complexity index is 516. The molecule has 0 aliphatic heterocycles. The second-order valence-electron chi connectivity index (χ2n) is 3.79. The Morgan fingerprint density at radius 1 is 1.06 bits per heavy atom. The van der Waals surface area contributed by atoms with Gasteiger partial charge in [-0.25, -0.2) is 0 Å². The van der Waals surface area contributed by atoms with E-state index in [0.29, 0.717) is 0 Å². The van der Waals surface area contributed by atoms with Crippen LogP contribution in [0.15, 0.2) is 48.8 Å². The third-order valence-corrected chi connectivity index (χ3v) is 2.39. The highest BCUT2D eigenvalue weighted by atomic mass is 19.4. The fraction of sp³-hybridized carbons (Fsp3) is 0.0833. The van der Waals surface area contributed by atoms with Crippen LogP contribution in [-0.4, -0.2) is 12.0 Å². The largest absolute Gasteiger partial charge is 0.509 e. The Hall–Kier alpha value is -1.98. The SMILES string of the molecule is F[B-](F)(F)c1cccc(OCc2ccncc2)c1. The van der Waals surface area contributed by atoms with Gasteiger partial charge in [-0.05, 0) is 29.8 Å². The van der Waals surface area contributed by atoms with E-state index in [0.717, 1.165) is 17.7 Å². The predicted molar refractivity (Wildman–Crippen MR) is 63.7 cm³/mol. The van der Waals surface area contributed by atoms with Crippen LogP contribution in [0.4, 0.5) is 12.9 Å². The molecule has 0 aliphatic carbocycles. The van der Waals surface area contributed by atoms with E-state index < -0.39 is 12.4 Å². The first kappa shape index (κ1) is 12.5. The molecule has 6 heteroatoms. The maximum absolute atomic E-state index is 12.5. The van der Waals surface area contributed by atoms with Crippen molar-refractivity contribution in [3.63, 3.8) is 0 Å². The van der Waals surface area contributed by atoms with Crippen LogP contribution in [0, 0.1) is 0 Å². The quantitative estimate of drug-likeness (QED) is 0.780. The zero-order valence-electron chi connectivity index (χ0n) is 9.39. The first-order valence-corrected chi connectivity index (χ1v) is 5.37. The number of hydrogen-bond donors (Lipinski definition) is 0. The number of aromatic nitrogens is 1. The molecule has 0 aliphatic rings. The fourth-order valence-electron chi connectivity index (χ4n) is 1.45. The van der Waals surface area contributed by atoms with Gasteiger partial charge in [0.1, 0.15) is 12.4 Å². The van der Waals surface area contributed by atoms with E-state index in [1.807, 2.05) is 0 Å². The molecule has 0 N–H and O–H groups in total. The van der Waals surface area contributed by atoms with Gasteiger partial charge >= 0.3 is 6.98 Å². The van der Waals surface area contributed by atoms with Crippen LogP contribution >= 0.6 is 0 Å². The number of ether oxygens (including phenoxy) is 1. The van der Waals surface area contributed by atoms with E-state index in [9.17, 15) is 12.9 Å². The van der Waals surface area contributed by atoms with Gasteiger partial charge in [-0.3, -0.25) is 4.98 Å². The van der Waals surface area contributed by atoms with Gasteiger partial charge in [-0.15, -0.1) is 5.46 Å². The van der Waals surface area contributed by atoms with E-state index in [2.05, 4.69) is 4.98 Å². The van der Waals surface area contributed by atoms with Gasteiger partial charge in [0.05, 0.1) is 0 Å². The van der Waals surface area contributed by atoms with E-state index in [-0.39, 0.29) is 12.4 Å². The predicted octanol–water partition coefficient (Wildman–Crippen LogP) is 2.72. The summed E-state index contributed by atoms with van der Waals surface area (Å²) in [6.45, 7) is -4.77. The molecule has 18 heavy (non-hydrogen) atoms. The van der Waals surface area contributed by atoms with Crippen LogP contribution in [-0.2, 0) is 6.61 Å². The molecule has 0 amide bonds. The van der Waals surface area contributed by atoms with Crippen molar-refractivity contribution in [1.82, 2.24) is 4.98 Å². The molecule has 0 saturated heterocycles. The molecule has 2 nitrogen and oxygen atoms in total. The molecule has 0 atom stereocenters. The maximum atomic E-state index is 12.5. The molecule has 0 bridgehead atoms. The second kappa shape index (κ2) is 5.12. The van der Waals surface area contributed by atoms with Crippen molar-refractivity contribution in [2.24, 2.45) is 0 Å². The average Bonchev–Trinajstić information content (AvgIpc) is 2.37. The van der Waals surface area contributed by atoms with Gasteiger partial charge in [0.25, 0.3) is 0 Å². The summed E-state index contributed by atoms with van der Waals surface area (Å²) in [6.07, 6.45) is 3.21. The topological polar surface area (TPSA) is 22.1 Å². The highest BCUT2D eigenvalue weighted by molar-refractivity contribution is 6.73. The van der Waals surface area contributed by atoms with Gasteiger partial charge in [-0.2, -0.15) is 0 Å². The zero-order valence-corrected chi connectivity index (χ0v) is 9.39. The van der Waals surface area contributed by atoms with Gasteiger partial charge in [0.15, 0.2) is 0 Å². The molecule has 2 aromatic rings. The van der Waals surface area contributed by atoms with Crippen molar-refractivity contribution < 1.29 is 17.7 Å². The summed E-state index contributed by atoms with van der Waals surface area (Å²) in [7, 11) is 0. The summed E-state index contributed by atoms with van der Waals surface area (Å²) >= 11 is 0. The van der Waals surface area contributed by atoms with E-state index in [1.165, 1.54) is 12.1 Å². The molecule has 1 heterocycles. The number of pyridine rings is 1. The van der Waals surface area contributed by atoms with E-state index >= 15 is 0 Å². The van der Waals surface area contributed by atoms with Crippen molar-refractivity contribution in [3.8, 4) is 5.75 Å². The van der Waals surface area contributed by atoms with Crippen molar-refractivity contribution in [2.75, 3.05) is 0 Å². The number of rotatable bonds is 4. The standard InChI is InChI=1S/C12H10BF3NO/c14-13(15,16)11-2-1-3-12(8-11)18-9-10-4-6-17-7-5-10/h1-8H,9H2/q-1. The van der Waals surface area contributed by atoms with E-state index in [1.54, 1.807) is 24.5 Å². The normalized spacial score (nSPS) is 11.3. The first-order chi connectivity index (χ1) is 8.55. The molecule has 0 saturated carbocycles. The van der Waals surface area contributed by atoms with Crippen molar-refractivity contribution >= 4 is 12.4 Å². The summed E-state index contributed by atoms with van der Waals surface area (Å²) in [6, 6.07) is 8.40. The molecule has 0 fully saturated rings. The molecular formula is C12H10BF3NO-. The van der Waals surface area contributed by atoms with Crippen LogP contribution in [0.25, 0.3) is 0 Å². The minimum Gasteiger partial charge on any atom is -0.489 e. The van der Waals surface area contributed by atoms with Crippen LogP contribution in [0.1, 0.15) is 5.56 Å². The number of halogens is 3. The Morgan fingerprint density at radius 3 is 2.44 bits per heavy atom. The smallest absolute Gasteiger partial charge is 0.489 e. The molecular weight excluding hydrogens is 242 g/mol. The third-order valence-electron chi connectivity index (χ3n) is 2.39. The maximum Gasteiger partial charge on any atom is 0.509 e. The van der Waals surface area contributed by atoms with Crippen LogP contribution in [0.2, 0.25) is 0 Å². The molecule has 1 aromatic heterocycles. The van der Waals surface area contributed by atoms with Crippen molar-refractivity contribution in [3.05, 3.63) is 54.4 Å². The summed E-state index contributed by atoms with van der Waals surface area (Å²) in [5.41, 5.74) is 0.204. The van der Waals surface area contributed by atoms with Gasteiger partial charge < -0.3 is 17.7 Å². The highest BCUT2D eigenvalue weighted by Crippen LogP contribution is 2.15. The van der Waals surface area contributed by atoms with Crippen LogP contribution < -0.4 is 10.2 Å². The van der Waals surface area contributed by atoms with Gasteiger partial charge in [0, 0.05) is 12.4 Å². The Kier molecular flexibility index (Phi) is 3.55. The molecule has 1 aromatic carbocycles. The lowest BCUT2D eigenvalue weighted by molar-refractivity contribution is 0.306. The number of nitrogens with zero attached hydrogens (tertiary/aromatic N) is 1. The summed E-state index contributed by atoms with van der Waals surface area (Å²) in [4.78, 5) is 3.84. The Balaban J connectivity index is 2.06. The molecule has 0 unspecified atom stereocenters. The van der Waals surface area contributed by atoms with Crippen molar-refractivity contribution in [1.29, 1.82) is 0 Å². The van der Waals surface area contributed by atoms with Gasteiger partial charge in [-0.1, -0.05) is 12.1 Å². The van der Waals surface area contributed by atoms with Crippen LogP contribution in [0.3, 0.4) is 0 Å². The van der Waals surface area contributed by atoms with Gasteiger partial charge in [0.2, 0.25) is 0 Å². The minimum atomic E-state index is -4.99. The minimum absolute atomic E-state index is 0.212. The summed E-state index contributed by atoms with van der Waals surface area (Å²) < 4.78 is 42.9.